The van der Waals surface area contributed by atoms with E-state index in [1.165, 1.54) is 4.57 Å². The van der Waals surface area contributed by atoms with E-state index in [2.05, 4.69) is 22.6 Å². The van der Waals surface area contributed by atoms with Crippen LogP contribution in [0, 0.1) is 3.57 Å². The van der Waals surface area contributed by atoms with Gasteiger partial charge in [0, 0.05) is 16.7 Å². The minimum atomic E-state index is -0.235. The Bertz CT molecular complexity index is 656. The fourth-order valence-electron chi connectivity index (χ4n) is 2.29. The van der Waals surface area contributed by atoms with E-state index in [4.69, 9.17) is 0 Å². The van der Waals surface area contributed by atoms with Gasteiger partial charge in [-0.1, -0.05) is 0 Å². The normalized spacial score (nSPS) is 14.5. The molecule has 0 aliphatic carbocycles. The van der Waals surface area contributed by atoms with E-state index in [1.54, 1.807) is 21.5 Å². The van der Waals surface area contributed by atoms with Crippen molar-refractivity contribution in [3.05, 3.63) is 48.8 Å². The molecule has 0 saturated heterocycles. The quantitative estimate of drug-likeness (QED) is 0.721. The predicted octanol–water partition coefficient (Wildman–Crippen LogP) is 1.20. The van der Waals surface area contributed by atoms with Crippen molar-refractivity contribution in [2.45, 2.75) is 25.9 Å². The molecule has 0 atom stereocenters. The van der Waals surface area contributed by atoms with Gasteiger partial charge in [-0.2, -0.15) is 0 Å². The lowest BCUT2D eigenvalue weighted by atomic mass is 10.3. The van der Waals surface area contributed by atoms with Gasteiger partial charge in [-0.3, -0.25) is 0 Å². The summed E-state index contributed by atoms with van der Waals surface area (Å²) >= 11 is 2.19. The predicted molar refractivity (Wildman–Crippen MR) is 76.2 cm³/mol. The number of rotatable bonds is 1. The van der Waals surface area contributed by atoms with Gasteiger partial charge in [-0.05, 0) is 59.7 Å². The molecule has 1 aliphatic heterocycles. The van der Waals surface area contributed by atoms with Crippen LogP contribution in [0.3, 0.4) is 0 Å². The first-order valence-electron chi connectivity index (χ1n) is 5.87. The summed E-state index contributed by atoms with van der Waals surface area (Å²) in [5, 5.41) is 0. The molecule has 5 nitrogen and oxygen atoms in total. The van der Waals surface area contributed by atoms with Crippen LogP contribution in [0.2, 0.25) is 0 Å². The number of hydrogen-bond donors (Lipinski definition) is 0. The third-order valence-corrected chi connectivity index (χ3v) is 3.91. The number of hydrogen-bond acceptors (Lipinski definition) is 2. The van der Waals surface area contributed by atoms with Crippen LogP contribution in [0.5, 0.6) is 0 Å². The van der Waals surface area contributed by atoms with E-state index in [0.717, 1.165) is 16.4 Å². The lowest BCUT2D eigenvalue weighted by molar-refractivity contribution is 0.348. The van der Waals surface area contributed by atoms with Crippen LogP contribution in [0.4, 0.5) is 0 Å². The third kappa shape index (κ3) is 1.75. The Kier molecular flexibility index (Phi) is 2.89. The molecule has 0 unspecified atom stereocenters. The second-order valence-electron chi connectivity index (χ2n) is 4.33. The van der Waals surface area contributed by atoms with Crippen LogP contribution < -0.4 is 11.4 Å². The average Bonchev–Trinajstić information content (AvgIpc) is 2.64. The molecule has 1 aromatic carbocycles. The average molecular weight is 357 g/mol. The molecule has 0 N–H and O–H groups in total. The highest BCUT2D eigenvalue weighted by Gasteiger charge is 2.19. The maximum atomic E-state index is 12.2. The van der Waals surface area contributed by atoms with Gasteiger partial charge in [0.15, 0.2) is 0 Å². The summed E-state index contributed by atoms with van der Waals surface area (Å²) in [5.74, 6) is 0. The fourth-order valence-corrected chi connectivity index (χ4v) is 2.65. The van der Waals surface area contributed by atoms with Crippen molar-refractivity contribution in [3.63, 3.8) is 0 Å². The van der Waals surface area contributed by atoms with Crippen LogP contribution in [-0.4, -0.2) is 13.9 Å². The topological polar surface area (TPSA) is 48.9 Å². The molecule has 3 rings (SSSR count). The van der Waals surface area contributed by atoms with Crippen molar-refractivity contribution < 1.29 is 0 Å². The highest BCUT2D eigenvalue weighted by atomic mass is 127. The van der Waals surface area contributed by atoms with Crippen molar-refractivity contribution >= 4 is 22.6 Å². The highest BCUT2D eigenvalue weighted by Crippen LogP contribution is 2.09. The molecule has 6 heteroatoms. The number of aromatic nitrogens is 3. The minimum Gasteiger partial charge on any atom is -0.246 e. The summed E-state index contributed by atoms with van der Waals surface area (Å²) in [5.41, 5.74) is 0.168. The Labute approximate surface area is 117 Å². The van der Waals surface area contributed by atoms with Gasteiger partial charge < -0.3 is 0 Å². The Hall–Kier alpha value is -1.31. The van der Waals surface area contributed by atoms with Crippen LogP contribution in [-0.2, 0) is 13.1 Å². The Morgan fingerprint density at radius 1 is 0.889 bits per heavy atom. The first-order valence-corrected chi connectivity index (χ1v) is 6.95. The monoisotopic (exact) mass is 357 g/mol. The molecule has 94 valence electrons. The largest absolute Gasteiger partial charge is 0.351 e. The van der Waals surface area contributed by atoms with Crippen LogP contribution >= 0.6 is 22.6 Å². The fraction of sp³-hybridized carbons (Fsp3) is 0.333. The molecule has 2 heterocycles. The zero-order valence-electron chi connectivity index (χ0n) is 9.67. The van der Waals surface area contributed by atoms with E-state index in [1.807, 2.05) is 12.1 Å². The zero-order valence-corrected chi connectivity index (χ0v) is 11.8. The first kappa shape index (κ1) is 11.8. The maximum absolute atomic E-state index is 12.2. The molecule has 2 aromatic rings. The van der Waals surface area contributed by atoms with E-state index in [9.17, 15) is 9.59 Å². The molecule has 1 aliphatic rings. The van der Waals surface area contributed by atoms with Gasteiger partial charge in [0.2, 0.25) is 0 Å². The molecule has 0 fully saturated rings. The molecule has 0 radical (unpaired) electrons. The summed E-state index contributed by atoms with van der Waals surface area (Å²) in [6.45, 7) is 1.26. The van der Waals surface area contributed by atoms with Gasteiger partial charge in [0.05, 0.1) is 5.69 Å². The molecule has 0 bridgehead atoms. The lowest BCUT2D eigenvalue weighted by Crippen LogP contribution is -2.30. The van der Waals surface area contributed by atoms with Crippen molar-refractivity contribution in [3.8, 4) is 5.69 Å². The van der Waals surface area contributed by atoms with E-state index in [-0.39, 0.29) is 11.4 Å². The number of benzene rings is 1. The summed E-state index contributed by atoms with van der Waals surface area (Å²) in [7, 11) is 0. The van der Waals surface area contributed by atoms with E-state index in [0.29, 0.717) is 18.8 Å². The lowest BCUT2D eigenvalue weighted by Gasteiger charge is -2.13. The second kappa shape index (κ2) is 4.42. The number of fused-ring (bicyclic) bond motifs is 1. The van der Waals surface area contributed by atoms with Gasteiger partial charge in [0.1, 0.15) is 0 Å². The van der Waals surface area contributed by atoms with Crippen LogP contribution in [0.1, 0.15) is 12.8 Å². The smallest absolute Gasteiger partial charge is 0.246 e. The number of halogens is 1. The van der Waals surface area contributed by atoms with Gasteiger partial charge in [-0.15, -0.1) is 0 Å². The van der Waals surface area contributed by atoms with Gasteiger partial charge in [-0.25, -0.2) is 23.5 Å². The molecular weight excluding hydrogens is 345 g/mol. The summed E-state index contributed by atoms with van der Waals surface area (Å²) in [6.07, 6.45) is 1.91. The van der Waals surface area contributed by atoms with E-state index >= 15 is 0 Å². The first-order chi connectivity index (χ1) is 8.68. The molecular formula is C12H12IN3O2. The minimum absolute atomic E-state index is 0.235. The standard InChI is InChI=1S/C12H12IN3O2/c13-9-3-5-10(6-4-9)16-11(17)14-7-1-2-8-15(14)12(16)18/h3-6H,1-2,7-8H2. The van der Waals surface area contributed by atoms with E-state index < -0.39 is 0 Å². The zero-order chi connectivity index (χ0) is 12.7. The van der Waals surface area contributed by atoms with Crippen LogP contribution in [0.25, 0.3) is 5.69 Å². The SMILES string of the molecule is O=c1n(-c2ccc(I)cc2)c(=O)n2n1CCCC2. The third-order valence-electron chi connectivity index (χ3n) is 3.19. The Morgan fingerprint density at radius 2 is 1.39 bits per heavy atom. The van der Waals surface area contributed by atoms with Crippen LogP contribution in [0.15, 0.2) is 33.9 Å². The van der Waals surface area contributed by atoms with Gasteiger partial charge >= 0.3 is 11.4 Å². The Balaban J connectivity index is 2.24. The molecule has 0 saturated carbocycles. The summed E-state index contributed by atoms with van der Waals surface area (Å²) in [4.78, 5) is 24.4. The summed E-state index contributed by atoms with van der Waals surface area (Å²) in [6, 6.07) is 7.39. The van der Waals surface area contributed by atoms with Crippen molar-refractivity contribution in [1.82, 2.24) is 13.9 Å². The van der Waals surface area contributed by atoms with Crippen molar-refractivity contribution in [1.29, 1.82) is 0 Å². The van der Waals surface area contributed by atoms with Crippen molar-refractivity contribution in [2.75, 3.05) is 0 Å². The second-order valence-corrected chi connectivity index (χ2v) is 5.58. The molecule has 0 spiro atoms. The van der Waals surface area contributed by atoms with Gasteiger partial charge in [0.25, 0.3) is 0 Å². The van der Waals surface area contributed by atoms with Crippen molar-refractivity contribution in [2.24, 2.45) is 0 Å². The Morgan fingerprint density at radius 3 is 1.89 bits per heavy atom. The molecule has 18 heavy (non-hydrogen) atoms. The maximum Gasteiger partial charge on any atom is 0.351 e. The molecule has 1 aromatic heterocycles. The number of nitrogens with zero attached hydrogens (tertiary/aromatic N) is 3. The summed E-state index contributed by atoms with van der Waals surface area (Å²) < 4.78 is 5.42. The highest BCUT2D eigenvalue weighted by molar-refractivity contribution is 14.1. The molecule has 0 amide bonds.